The van der Waals surface area contributed by atoms with Gasteiger partial charge in [0.05, 0.1) is 11.3 Å². The molecular weight excluding hydrogens is 378 g/mol. The molecule has 0 fully saturated rings. The Morgan fingerprint density at radius 2 is 2.05 bits per heavy atom. The molecule has 0 aliphatic rings. The van der Waals surface area contributed by atoms with Crippen molar-refractivity contribution in [3.8, 4) is 0 Å². The third-order valence-electron chi connectivity index (χ3n) is 2.73. The van der Waals surface area contributed by atoms with Gasteiger partial charge in [0.1, 0.15) is 4.21 Å². The third-order valence-corrected chi connectivity index (χ3v) is 6.46. The lowest BCUT2D eigenvalue weighted by Crippen LogP contribution is -2.15. The van der Waals surface area contributed by atoms with Gasteiger partial charge in [-0.25, -0.2) is 13.2 Å². The summed E-state index contributed by atoms with van der Waals surface area (Å²) >= 11 is 4.34. The van der Waals surface area contributed by atoms with Crippen molar-refractivity contribution in [1.29, 1.82) is 0 Å². The highest BCUT2D eigenvalue weighted by atomic mass is 79.9. The zero-order chi connectivity index (χ0) is 15.6. The minimum Gasteiger partial charge on any atom is -0.478 e. The van der Waals surface area contributed by atoms with Gasteiger partial charge in [-0.15, -0.1) is 11.3 Å². The van der Waals surface area contributed by atoms with Gasteiger partial charge >= 0.3 is 5.97 Å². The number of benzene rings is 1. The van der Waals surface area contributed by atoms with Crippen LogP contribution in [0.3, 0.4) is 0 Å². The molecule has 2 rings (SSSR count). The fourth-order valence-electron chi connectivity index (χ4n) is 1.68. The van der Waals surface area contributed by atoms with Crippen molar-refractivity contribution in [2.75, 3.05) is 4.72 Å². The van der Waals surface area contributed by atoms with Crippen LogP contribution in [0.25, 0.3) is 0 Å². The zero-order valence-electron chi connectivity index (χ0n) is 11.0. The molecule has 112 valence electrons. The molecule has 21 heavy (non-hydrogen) atoms. The fraction of sp³-hybridized carbons (Fsp3) is 0.154. The van der Waals surface area contributed by atoms with Crippen LogP contribution < -0.4 is 4.72 Å². The summed E-state index contributed by atoms with van der Waals surface area (Å²) in [4.78, 5) is 12.1. The van der Waals surface area contributed by atoms with E-state index in [9.17, 15) is 13.2 Å². The monoisotopic (exact) mass is 389 g/mol. The number of rotatable bonds is 5. The topological polar surface area (TPSA) is 83.5 Å². The van der Waals surface area contributed by atoms with Gasteiger partial charge in [0.25, 0.3) is 10.0 Å². The Morgan fingerprint density at radius 3 is 2.62 bits per heavy atom. The van der Waals surface area contributed by atoms with Crippen LogP contribution in [0.15, 0.2) is 39.0 Å². The van der Waals surface area contributed by atoms with Gasteiger partial charge in [0.15, 0.2) is 0 Å². The van der Waals surface area contributed by atoms with Crippen molar-refractivity contribution in [3.63, 3.8) is 0 Å². The summed E-state index contributed by atoms with van der Waals surface area (Å²) in [7, 11) is -3.81. The standard InChI is InChI=1S/C13H12BrNO4S2/c1-2-8-6-7-11(20-8)21(18,19)15-12-9(13(16)17)4-3-5-10(12)14/h3-7,15H,2H2,1H3,(H,16,17). The van der Waals surface area contributed by atoms with Crippen LogP contribution in [-0.2, 0) is 16.4 Å². The zero-order valence-corrected chi connectivity index (χ0v) is 14.2. The molecule has 0 aliphatic heterocycles. The predicted molar refractivity (Wildman–Crippen MR) is 85.6 cm³/mol. The van der Waals surface area contributed by atoms with Gasteiger partial charge in [-0.3, -0.25) is 4.72 Å². The van der Waals surface area contributed by atoms with E-state index in [1.54, 1.807) is 12.1 Å². The minimum atomic E-state index is -3.81. The van der Waals surface area contributed by atoms with Gasteiger partial charge in [0, 0.05) is 9.35 Å². The lowest BCUT2D eigenvalue weighted by Gasteiger charge is -2.11. The first kappa shape index (κ1) is 16.0. The highest BCUT2D eigenvalue weighted by Gasteiger charge is 2.21. The number of hydrogen-bond donors (Lipinski definition) is 2. The average Bonchev–Trinajstić information content (AvgIpc) is 2.90. The maximum Gasteiger partial charge on any atom is 0.337 e. The molecule has 0 bridgehead atoms. The Balaban J connectivity index is 2.44. The first-order valence-corrected chi connectivity index (χ1v) is 9.07. The van der Waals surface area contributed by atoms with Crippen LogP contribution >= 0.6 is 27.3 Å². The molecule has 1 aromatic heterocycles. The second-order valence-corrected chi connectivity index (χ2v) is 8.08. The van der Waals surface area contributed by atoms with E-state index in [0.29, 0.717) is 4.47 Å². The van der Waals surface area contributed by atoms with Crippen LogP contribution in [0.2, 0.25) is 0 Å². The highest BCUT2D eigenvalue weighted by molar-refractivity contribution is 9.10. The molecule has 8 heteroatoms. The summed E-state index contributed by atoms with van der Waals surface area (Å²) in [5.41, 5.74) is -0.0864. The fourth-order valence-corrected chi connectivity index (χ4v) is 4.68. The number of sulfonamides is 1. The Morgan fingerprint density at radius 1 is 1.33 bits per heavy atom. The number of hydrogen-bond acceptors (Lipinski definition) is 4. The van der Waals surface area contributed by atoms with Crippen LogP contribution in [-0.4, -0.2) is 19.5 Å². The second kappa shape index (κ2) is 6.17. The SMILES string of the molecule is CCc1ccc(S(=O)(=O)Nc2c(Br)cccc2C(=O)O)s1. The van der Waals surface area contributed by atoms with Gasteiger partial charge in [-0.1, -0.05) is 13.0 Å². The van der Waals surface area contributed by atoms with E-state index < -0.39 is 16.0 Å². The van der Waals surface area contributed by atoms with Gasteiger partial charge in [-0.2, -0.15) is 0 Å². The quantitative estimate of drug-likeness (QED) is 0.818. The number of carboxylic acids is 1. The molecule has 0 amide bonds. The molecule has 0 aliphatic carbocycles. The van der Waals surface area contributed by atoms with Crippen LogP contribution in [0, 0.1) is 0 Å². The number of aromatic carboxylic acids is 1. The van der Waals surface area contributed by atoms with E-state index in [0.717, 1.165) is 11.3 Å². The largest absolute Gasteiger partial charge is 0.478 e. The molecular formula is C13H12BrNO4S2. The van der Waals surface area contributed by atoms with E-state index in [4.69, 9.17) is 5.11 Å². The number of carboxylic acid groups (broad SMARTS) is 1. The summed E-state index contributed by atoms with van der Waals surface area (Å²) in [5.74, 6) is -1.20. The molecule has 0 atom stereocenters. The Kier molecular flexibility index (Phi) is 4.70. The molecule has 0 radical (unpaired) electrons. The molecule has 5 nitrogen and oxygen atoms in total. The normalized spacial score (nSPS) is 11.3. The molecule has 2 N–H and O–H groups in total. The number of nitrogens with one attached hydrogen (secondary N) is 1. The van der Waals surface area contributed by atoms with Crippen molar-refractivity contribution >= 4 is 48.9 Å². The van der Waals surface area contributed by atoms with Gasteiger partial charge < -0.3 is 5.11 Å². The van der Waals surface area contributed by atoms with Crippen molar-refractivity contribution in [3.05, 3.63) is 45.2 Å². The van der Waals surface area contributed by atoms with Gasteiger partial charge in [0.2, 0.25) is 0 Å². The molecule has 0 saturated heterocycles. The number of anilines is 1. The Bertz CT molecular complexity index is 783. The van der Waals surface area contributed by atoms with Crippen molar-refractivity contribution < 1.29 is 18.3 Å². The van der Waals surface area contributed by atoms with E-state index in [1.807, 2.05) is 6.92 Å². The lowest BCUT2D eigenvalue weighted by atomic mass is 10.2. The molecule has 1 heterocycles. The number of carbonyl (C=O) groups is 1. The maximum absolute atomic E-state index is 12.3. The third kappa shape index (κ3) is 3.45. The number of thiophene rings is 1. The van der Waals surface area contributed by atoms with Crippen LogP contribution in [0.1, 0.15) is 22.2 Å². The molecule has 1 aromatic carbocycles. The molecule has 2 aromatic rings. The number of halogens is 1. The average molecular weight is 390 g/mol. The predicted octanol–water partition coefficient (Wildman–Crippen LogP) is 3.57. The van der Waals surface area contributed by atoms with E-state index in [1.165, 1.54) is 29.5 Å². The van der Waals surface area contributed by atoms with Crippen molar-refractivity contribution in [2.24, 2.45) is 0 Å². The van der Waals surface area contributed by atoms with Crippen LogP contribution in [0.5, 0.6) is 0 Å². The van der Waals surface area contributed by atoms with Crippen molar-refractivity contribution in [1.82, 2.24) is 0 Å². The number of aryl methyl sites for hydroxylation is 1. The molecule has 0 unspecified atom stereocenters. The summed E-state index contributed by atoms with van der Waals surface area (Å²) in [5, 5.41) is 9.15. The summed E-state index contributed by atoms with van der Waals surface area (Å²) in [6.07, 6.45) is 0.746. The lowest BCUT2D eigenvalue weighted by molar-refractivity contribution is 0.0698. The Hall–Kier alpha value is -1.38. The highest BCUT2D eigenvalue weighted by Crippen LogP contribution is 2.30. The minimum absolute atomic E-state index is 0.0245. The second-order valence-electron chi connectivity index (χ2n) is 4.15. The number of para-hydroxylation sites is 1. The first-order chi connectivity index (χ1) is 9.85. The van der Waals surface area contributed by atoms with E-state index in [-0.39, 0.29) is 15.5 Å². The summed E-state index contributed by atoms with van der Waals surface area (Å²) < 4.78 is 27.6. The molecule has 0 saturated carbocycles. The summed E-state index contributed by atoms with van der Waals surface area (Å²) in [6.45, 7) is 1.94. The summed E-state index contributed by atoms with van der Waals surface area (Å²) in [6, 6.07) is 7.72. The smallest absolute Gasteiger partial charge is 0.337 e. The van der Waals surface area contributed by atoms with Gasteiger partial charge in [-0.05, 0) is 46.6 Å². The van der Waals surface area contributed by atoms with E-state index >= 15 is 0 Å². The van der Waals surface area contributed by atoms with E-state index in [2.05, 4.69) is 20.7 Å². The first-order valence-electron chi connectivity index (χ1n) is 5.98. The van der Waals surface area contributed by atoms with Crippen molar-refractivity contribution in [2.45, 2.75) is 17.6 Å². The molecule has 0 spiro atoms. The maximum atomic E-state index is 12.3. The van der Waals surface area contributed by atoms with Crippen LogP contribution in [0.4, 0.5) is 5.69 Å². The Labute approximate surface area is 134 Å².